The van der Waals surface area contributed by atoms with Crippen LogP contribution in [-0.2, 0) is 14.8 Å². The van der Waals surface area contributed by atoms with E-state index < -0.39 is 16.1 Å². The first-order valence-corrected chi connectivity index (χ1v) is 10.6. The number of nitrogens with one attached hydrogen (secondary N) is 1. The van der Waals surface area contributed by atoms with Gasteiger partial charge in [0.05, 0.1) is 16.0 Å². The van der Waals surface area contributed by atoms with Crippen LogP contribution in [0.25, 0.3) is 10.2 Å². The molecule has 3 rings (SSSR count). The van der Waals surface area contributed by atoms with E-state index in [9.17, 15) is 13.2 Å². The number of benzene rings is 1. The van der Waals surface area contributed by atoms with Crippen molar-refractivity contribution in [3.63, 3.8) is 0 Å². The smallest absolute Gasteiger partial charge is 0.244 e. The average Bonchev–Trinajstić information content (AvgIpc) is 3.12. The number of aromatic nitrogens is 1. The van der Waals surface area contributed by atoms with Crippen LogP contribution in [0.3, 0.4) is 0 Å². The Morgan fingerprint density at radius 3 is 3.04 bits per heavy atom. The van der Waals surface area contributed by atoms with Crippen LogP contribution in [0.15, 0.2) is 18.2 Å². The number of halogens is 1. The number of hydrogen-bond donors (Lipinski definition) is 1. The molecule has 1 saturated heterocycles. The van der Waals surface area contributed by atoms with Gasteiger partial charge in [0, 0.05) is 11.6 Å². The molecule has 1 fully saturated rings. The van der Waals surface area contributed by atoms with Crippen LogP contribution < -0.4 is 5.32 Å². The minimum Gasteiger partial charge on any atom is -0.301 e. The summed E-state index contributed by atoms with van der Waals surface area (Å²) in [5, 5.41) is 3.82. The van der Waals surface area contributed by atoms with Crippen molar-refractivity contribution in [1.82, 2.24) is 9.29 Å². The Morgan fingerprint density at radius 2 is 2.29 bits per heavy atom. The van der Waals surface area contributed by atoms with Gasteiger partial charge in [0.2, 0.25) is 15.9 Å². The lowest BCUT2D eigenvalue weighted by molar-refractivity contribution is -0.119. The second-order valence-corrected chi connectivity index (χ2v) is 9.21. The summed E-state index contributed by atoms with van der Waals surface area (Å²) in [6.45, 7) is 2.21. The van der Waals surface area contributed by atoms with Crippen LogP contribution in [0.5, 0.6) is 0 Å². The zero-order chi connectivity index (χ0) is 17.3. The van der Waals surface area contributed by atoms with Crippen LogP contribution in [0.2, 0.25) is 5.02 Å². The molecule has 6 nitrogen and oxygen atoms in total. The molecular weight excluding hydrogens is 370 g/mol. The van der Waals surface area contributed by atoms with Crippen molar-refractivity contribution in [3.05, 3.63) is 23.2 Å². The number of fused-ring (bicyclic) bond motifs is 1. The fourth-order valence-electron chi connectivity index (χ4n) is 2.85. The molecule has 0 spiro atoms. The average molecular weight is 388 g/mol. The highest BCUT2D eigenvalue weighted by molar-refractivity contribution is 7.89. The molecule has 1 N–H and O–H groups in total. The Kier molecular flexibility index (Phi) is 5.10. The van der Waals surface area contributed by atoms with Crippen molar-refractivity contribution in [2.24, 2.45) is 0 Å². The number of sulfonamides is 1. The maximum atomic E-state index is 12.5. The van der Waals surface area contributed by atoms with E-state index >= 15 is 0 Å². The Morgan fingerprint density at radius 1 is 1.50 bits per heavy atom. The normalized spacial score (nSPS) is 19.0. The summed E-state index contributed by atoms with van der Waals surface area (Å²) in [5.74, 6) is -0.256. The lowest BCUT2D eigenvalue weighted by atomic mass is 10.2. The highest BCUT2D eigenvalue weighted by atomic mass is 35.5. The van der Waals surface area contributed by atoms with E-state index in [2.05, 4.69) is 10.3 Å². The summed E-state index contributed by atoms with van der Waals surface area (Å²) >= 11 is 7.28. The number of hydrogen-bond acceptors (Lipinski definition) is 5. The van der Waals surface area contributed by atoms with Crippen LogP contribution in [-0.4, -0.2) is 42.0 Å². The van der Waals surface area contributed by atoms with Crippen LogP contribution in [0, 0.1) is 0 Å². The molecule has 1 aliphatic heterocycles. The molecular formula is C15H18ClN3O3S2. The fraction of sp³-hybridized carbons (Fsp3) is 0.467. The van der Waals surface area contributed by atoms with Crippen molar-refractivity contribution in [2.45, 2.75) is 32.2 Å². The van der Waals surface area contributed by atoms with Gasteiger partial charge in [0.25, 0.3) is 0 Å². The van der Waals surface area contributed by atoms with Crippen LogP contribution >= 0.6 is 22.9 Å². The summed E-state index contributed by atoms with van der Waals surface area (Å²) in [5.41, 5.74) is 0.751. The first-order valence-electron chi connectivity index (χ1n) is 7.77. The Hall–Kier alpha value is -1.22. The van der Waals surface area contributed by atoms with Gasteiger partial charge in [-0.3, -0.25) is 4.79 Å². The van der Waals surface area contributed by atoms with Crippen molar-refractivity contribution in [1.29, 1.82) is 0 Å². The number of carbonyl (C=O) groups is 1. The zero-order valence-electron chi connectivity index (χ0n) is 13.2. The highest BCUT2D eigenvalue weighted by Crippen LogP contribution is 2.29. The maximum absolute atomic E-state index is 12.5. The summed E-state index contributed by atoms with van der Waals surface area (Å²) in [6.07, 6.45) is 1.76. The molecule has 2 heterocycles. The van der Waals surface area contributed by atoms with Crippen molar-refractivity contribution in [2.75, 3.05) is 17.6 Å². The van der Waals surface area contributed by atoms with Gasteiger partial charge in [-0.1, -0.05) is 29.9 Å². The van der Waals surface area contributed by atoms with Gasteiger partial charge in [-0.25, -0.2) is 13.4 Å². The summed E-state index contributed by atoms with van der Waals surface area (Å²) in [6, 6.07) is 4.66. The van der Waals surface area contributed by atoms with Gasteiger partial charge in [0.15, 0.2) is 5.13 Å². The number of carbonyl (C=O) groups excluding carboxylic acids is 1. The van der Waals surface area contributed by atoms with E-state index in [1.807, 2.05) is 6.92 Å². The summed E-state index contributed by atoms with van der Waals surface area (Å²) in [7, 11) is -3.39. The number of rotatable bonds is 5. The molecule has 1 amide bonds. The molecule has 0 aliphatic carbocycles. The molecule has 0 saturated carbocycles. The van der Waals surface area contributed by atoms with E-state index in [0.29, 0.717) is 36.0 Å². The first kappa shape index (κ1) is 17.6. The van der Waals surface area contributed by atoms with E-state index in [0.717, 1.165) is 10.2 Å². The fourth-order valence-corrected chi connectivity index (χ4v) is 5.74. The molecule has 130 valence electrons. The van der Waals surface area contributed by atoms with Crippen LogP contribution in [0.4, 0.5) is 5.13 Å². The van der Waals surface area contributed by atoms with Gasteiger partial charge in [-0.05, 0) is 37.5 Å². The van der Waals surface area contributed by atoms with Crippen LogP contribution in [0.1, 0.15) is 26.2 Å². The molecule has 1 unspecified atom stereocenters. The van der Waals surface area contributed by atoms with Gasteiger partial charge < -0.3 is 5.32 Å². The minimum atomic E-state index is -3.39. The van der Waals surface area contributed by atoms with Gasteiger partial charge in [0.1, 0.15) is 6.04 Å². The third-order valence-electron chi connectivity index (χ3n) is 3.91. The Balaban J connectivity index is 1.77. The summed E-state index contributed by atoms with van der Waals surface area (Å²) < 4.78 is 26.8. The predicted octanol–water partition coefficient (Wildman–Crippen LogP) is 3.09. The lowest BCUT2D eigenvalue weighted by Crippen LogP contribution is -2.43. The quantitative estimate of drug-likeness (QED) is 0.854. The molecule has 0 radical (unpaired) electrons. The number of anilines is 1. The monoisotopic (exact) mass is 387 g/mol. The molecule has 2 aromatic rings. The Labute approximate surface area is 149 Å². The van der Waals surface area contributed by atoms with Gasteiger partial charge in [-0.2, -0.15) is 4.31 Å². The minimum absolute atomic E-state index is 0.0659. The number of nitrogens with zero attached hydrogens (tertiary/aromatic N) is 2. The van der Waals surface area contributed by atoms with Crippen molar-refractivity contribution >= 4 is 54.2 Å². The molecule has 1 aromatic carbocycles. The summed E-state index contributed by atoms with van der Waals surface area (Å²) in [4.78, 5) is 16.9. The van der Waals surface area contributed by atoms with E-state index in [1.165, 1.54) is 15.6 Å². The van der Waals surface area contributed by atoms with E-state index in [-0.39, 0.29) is 11.7 Å². The van der Waals surface area contributed by atoms with E-state index in [4.69, 9.17) is 11.6 Å². The number of thiazole rings is 1. The molecule has 24 heavy (non-hydrogen) atoms. The third-order valence-corrected chi connectivity index (χ3v) is 7.15. The topological polar surface area (TPSA) is 79.4 Å². The van der Waals surface area contributed by atoms with Gasteiger partial charge >= 0.3 is 0 Å². The Bertz CT molecular complexity index is 866. The largest absolute Gasteiger partial charge is 0.301 e. The van der Waals surface area contributed by atoms with Crippen molar-refractivity contribution in [3.8, 4) is 0 Å². The second kappa shape index (κ2) is 6.95. The third kappa shape index (κ3) is 3.56. The standard InChI is InChI=1S/C15H18ClN3O3S2/c1-2-8-24(21,22)19-7-3-4-12(19)14(20)18-15-17-11-6-5-10(16)9-13(11)23-15/h5-6,9,12H,2-4,7-8H2,1H3,(H,17,18,20). The van der Waals surface area contributed by atoms with Crippen molar-refractivity contribution < 1.29 is 13.2 Å². The lowest BCUT2D eigenvalue weighted by Gasteiger charge is -2.22. The molecule has 0 bridgehead atoms. The maximum Gasteiger partial charge on any atom is 0.244 e. The molecule has 1 atom stereocenters. The van der Waals surface area contributed by atoms with E-state index in [1.54, 1.807) is 18.2 Å². The SMILES string of the molecule is CCCS(=O)(=O)N1CCCC1C(=O)Nc1nc2ccc(Cl)cc2s1. The zero-order valence-corrected chi connectivity index (χ0v) is 15.5. The first-order chi connectivity index (χ1) is 11.4. The molecule has 1 aliphatic rings. The van der Waals surface area contributed by atoms with Gasteiger partial charge in [-0.15, -0.1) is 0 Å². The highest BCUT2D eigenvalue weighted by Gasteiger charge is 2.38. The predicted molar refractivity (Wildman–Crippen MR) is 97.1 cm³/mol. The molecule has 9 heteroatoms. The second-order valence-electron chi connectivity index (χ2n) is 5.71. The number of amides is 1. The molecule has 1 aromatic heterocycles.